The molecule has 9 heteroatoms. The van der Waals surface area contributed by atoms with Gasteiger partial charge in [-0.25, -0.2) is 13.1 Å². The van der Waals surface area contributed by atoms with Crippen LogP contribution in [0.4, 0.5) is 0 Å². The molecule has 2 aromatic carbocycles. The zero-order chi connectivity index (χ0) is 25.1. The third-order valence-corrected chi connectivity index (χ3v) is 7.27. The normalized spacial score (nSPS) is 12.2. The molecule has 1 atom stereocenters. The van der Waals surface area contributed by atoms with E-state index < -0.39 is 16.1 Å². The van der Waals surface area contributed by atoms with Crippen molar-refractivity contribution < 1.29 is 18.0 Å². The Morgan fingerprint density at radius 1 is 1.00 bits per heavy atom. The van der Waals surface area contributed by atoms with Crippen LogP contribution in [-0.2, 0) is 32.6 Å². The van der Waals surface area contributed by atoms with Crippen molar-refractivity contribution in [3.8, 4) is 0 Å². The van der Waals surface area contributed by atoms with Crippen LogP contribution < -0.4 is 10.0 Å². The molecule has 2 N–H and O–H groups in total. The Balaban J connectivity index is 2.10. The molecule has 0 saturated carbocycles. The summed E-state index contributed by atoms with van der Waals surface area (Å²) in [5.74, 6) is -0.341. The maximum Gasteiger partial charge on any atom is 0.242 e. The Labute approximate surface area is 207 Å². The highest BCUT2D eigenvalue weighted by atomic mass is 35.5. The van der Waals surface area contributed by atoms with Gasteiger partial charge >= 0.3 is 0 Å². The van der Waals surface area contributed by atoms with Gasteiger partial charge < -0.3 is 10.2 Å². The number of carbonyl (C=O) groups is 2. The second-order valence-electron chi connectivity index (χ2n) is 8.11. The van der Waals surface area contributed by atoms with Crippen molar-refractivity contribution in [2.24, 2.45) is 0 Å². The smallest absolute Gasteiger partial charge is 0.242 e. The molecule has 0 aromatic heterocycles. The molecule has 0 spiro atoms. The lowest BCUT2D eigenvalue weighted by Gasteiger charge is -2.29. The summed E-state index contributed by atoms with van der Waals surface area (Å²) in [6.07, 6.45) is 2.47. The van der Waals surface area contributed by atoms with E-state index in [-0.39, 0.29) is 29.7 Å². The first kappa shape index (κ1) is 27.8. The highest BCUT2D eigenvalue weighted by molar-refractivity contribution is 7.89. The first-order chi connectivity index (χ1) is 16.2. The molecule has 0 aliphatic carbocycles. The van der Waals surface area contributed by atoms with E-state index in [1.807, 2.05) is 19.1 Å². The number of hydrogen-bond acceptors (Lipinski definition) is 4. The van der Waals surface area contributed by atoms with E-state index in [1.165, 1.54) is 12.1 Å². The van der Waals surface area contributed by atoms with Gasteiger partial charge in [0, 0.05) is 31.1 Å². The van der Waals surface area contributed by atoms with E-state index in [4.69, 9.17) is 11.6 Å². The number of amides is 2. The molecular weight excluding hydrogens is 474 g/mol. The van der Waals surface area contributed by atoms with Crippen molar-refractivity contribution in [3.05, 3.63) is 64.7 Å². The van der Waals surface area contributed by atoms with E-state index in [0.29, 0.717) is 24.5 Å². The molecule has 0 saturated heterocycles. The molecule has 2 rings (SSSR count). The monoisotopic (exact) mass is 507 g/mol. The maximum absolute atomic E-state index is 13.2. The predicted octanol–water partition coefficient (Wildman–Crippen LogP) is 3.90. The van der Waals surface area contributed by atoms with Crippen molar-refractivity contribution in [3.63, 3.8) is 0 Å². The molecular formula is C25H34ClN3O4S. The van der Waals surface area contributed by atoms with E-state index >= 15 is 0 Å². The first-order valence-corrected chi connectivity index (χ1v) is 13.4. The largest absolute Gasteiger partial charge is 0.354 e. The van der Waals surface area contributed by atoms with Crippen LogP contribution in [0.2, 0.25) is 5.02 Å². The molecule has 0 fully saturated rings. The van der Waals surface area contributed by atoms with Crippen LogP contribution in [0.1, 0.15) is 51.2 Å². The van der Waals surface area contributed by atoms with Crippen molar-refractivity contribution in [2.45, 2.75) is 63.9 Å². The molecule has 2 aromatic rings. The lowest BCUT2D eigenvalue weighted by Crippen LogP contribution is -2.47. The second-order valence-corrected chi connectivity index (χ2v) is 10.3. The molecule has 7 nitrogen and oxygen atoms in total. The number of nitrogens with one attached hydrogen (secondary N) is 2. The van der Waals surface area contributed by atoms with Gasteiger partial charge in [-0.15, -0.1) is 0 Å². The van der Waals surface area contributed by atoms with Crippen LogP contribution in [0.15, 0.2) is 53.4 Å². The number of hydrogen-bond donors (Lipinski definition) is 2. The summed E-state index contributed by atoms with van der Waals surface area (Å²) in [7, 11) is -3.52. The molecule has 186 valence electrons. The van der Waals surface area contributed by atoms with E-state index in [0.717, 1.165) is 24.0 Å². The molecule has 0 heterocycles. The highest BCUT2D eigenvalue weighted by Gasteiger charge is 2.25. The average molecular weight is 508 g/mol. The summed E-state index contributed by atoms with van der Waals surface area (Å²) in [4.78, 5) is 27.6. The number of aryl methyl sites for hydroxylation is 1. The summed E-state index contributed by atoms with van der Waals surface area (Å²) in [5, 5.41) is 3.50. The minimum atomic E-state index is -3.52. The second kappa shape index (κ2) is 13.5. The Kier molecular flexibility index (Phi) is 11.0. The summed E-state index contributed by atoms with van der Waals surface area (Å²) >= 11 is 5.98. The first-order valence-electron chi connectivity index (χ1n) is 11.6. The lowest BCUT2D eigenvalue weighted by molar-refractivity contribution is -0.140. The number of rotatable bonds is 13. The number of benzene rings is 2. The van der Waals surface area contributed by atoms with Gasteiger partial charge in [-0.05, 0) is 55.2 Å². The third kappa shape index (κ3) is 8.42. The maximum atomic E-state index is 13.2. The van der Waals surface area contributed by atoms with Gasteiger partial charge in [0.05, 0.1) is 4.90 Å². The highest BCUT2D eigenvalue weighted by Crippen LogP contribution is 2.17. The molecule has 0 aliphatic rings. The SMILES string of the molecule is CCCCNC(=O)[C@@H](C)N(Cc1ccc(Cl)cc1)C(=O)CCc1ccc(S(=O)(=O)NCC)cc1. The van der Waals surface area contributed by atoms with Crippen LogP contribution >= 0.6 is 11.6 Å². The van der Waals surface area contributed by atoms with Crippen LogP contribution in [0.3, 0.4) is 0 Å². The zero-order valence-electron chi connectivity index (χ0n) is 20.0. The molecule has 34 heavy (non-hydrogen) atoms. The predicted molar refractivity (Wildman–Crippen MR) is 135 cm³/mol. The fraction of sp³-hybridized carbons (Fsp3) is 0.440. The summed E-state index contributed by atoms with van der Waals surface area (Å²) < 4.78 is 26.7. The topological polar surface area (TPSA) is 95.6 Å². The number of unbranched alkanes of at least 4 members (excludes halogenated alkanes) is 1. The van der Waals surface area contributed by atoms with Gasteiger partial charge in [0.1, 0.15) is 6.04 Å². The number of sulfonamides is 1. The van der Waals surface area contributed by atoms with Crippen LogP contribution in [0.5, 0.6) is 0 Å². The number of halogens is 1. The van der Waals surface area contributed by atoms with Gasteiger partial charge in [0.15, 0.2) is 0 Å². The van der Waals surface area contributed by atoms with Crippen molar-refractivity contribution in [1.82, 2.24) is 14.9 Å². The minimum Gasteiger partial charge on any atom is -0.354 e. The Morgan fingerprint density at radius 2 is 1.62 bits per heavy atom. The van der Waals surface area contributed by atoms with E-state index in [2.05, 4.69) is 10.0 Å². The van der Waals surface area contributed by atoms with Crippen molar-refractivity contribution >= 4 is 33.4 Å². The molecule has 0 aliphatic heterocycles. The van der Waals surface area contributed by atoms with E-state index in [1.54, 1.807) is 43.0 Å². The molecule has 0 unspecified atom stereocenters. The fourth-order valence-electron chi connectivity index (χ4n) is 3.41. The van der Waals surface area contributed by atoms with Gasteiger partial charge in [-0.2, -0.15) is 0 Å². The van der Waals surface area contributed by atoms with Gasteiger partial charge in [-0.1, -0.05) is 56.1 Å². The van der Waals surface area contributed by atoms with Crippen LogP contribution in [0.25, 0.3) is 0 Å². The van der Waals surface area contributed by atoms with Gasteiger partial charge in [0.25, 0.3) is 0 Å². The minimum absolute atomic E-state index is 0.155. The Morgan fingerprint density at radius 3 is 2.21 bits per heavy atom. The molecule has 0 bridgehead atoms. The standard InChI is InChI=1S/C25H34ClN3O4S/c1-4-6-17-27-25(31)19(3)29(18-21-7-12-22(26)13-8-21)24(30)16-11-20-9-14-23(15-10-20)34(32,33)28-5-2/h7-10,12-15,19,28H,4-6,11,16-18H2,1-3H3,(H,27,31)/t19-/m1/s1. The van der Waals surface area contributed by atoms with Crippen LogP contribution in [0, 0.1) is 0 Å². The Hall–Kier alpha value is -2.42. The zero-order valence-corrected chi connectivity index (χ0v) is 21.6. The van der Waals surface area contributed by atoms with Crippen molar-refractivity contribution in [2.75, 3.05) is 13.1 Å². The van der Waals surface area contributed by atoms with Gasteiger partial charge in [-0.3, -0.25) is 9.59 Å². The summed E-state index contributed by atoms with van der Waals surface area (Å²) in [6.45, 7) is 6.68. The summed E-state index contributed by atoms with van der Waals surface area (Å²) in [6, 6.07) is 13.1. The number of nitrogens with zero attached hydrogens (tertiary/aromatic N) is 1. The lowest BCUT2D eigenvalue weighted by atomic mass is 10.1. The van der Waals surface area contributed by atoms with Gasteiger partial charge in [0.2, 0.25) is 21.8 Å². The van der Waals surface area contributed by atoms with Crippen molar-refractivity contribution in [1.29, 1.82) is 0 Å². The number of carbonyl (C=O) groups excluding carboxylic acids is 2. The quantitative estimate of drug-likeness (QED) is 0.402. The van der Waals surface area contributed by atoms with Crippen LogP contribution in [-0.4, -0.2) is 44.3 Å². The Bertz CT molecular complexity index is 1040. The molecule has 2 amide bonds. The third-order valence-electron chi connectivity index (χ3n) is 5.46. The summed E-state index contributed by atoms with van der Waals surface area (Å²) in [5.41, 5.74) is 1.72. The van der Waals surface area contributed by atoms with E-state index in [9.17, 15) is 18.0 Å². The fourth-order valence-corrected chi connectivity index (χ4v) is 4.58. The average Bonchev–Trinajstić information content (AvgIpc) is 2.82. The molecule has 0 radical (unpaired) electrons.